The van der Waals surface area contributed by atoms with E-state index in [-0.39, 0.29) is 11.8 Å². The van der Waals surface area contributed by atoms with E-state index in [1.54, 1.807) is 0 Å². The molecule has 1 fully saturated rings. The summed E-state index contributed by atoms with van der Waals surface area (Å²) in [6.07, 6.45) is 17.3. The fourth-order valence-electron chi connectivity index (χ4n) is 4.61. The van der Waals surface area contributed by atoms with E-state index < -0.39 is 0 Å². The van der Waals surface area contributed by atoms with Gasteiger partial charge in [-0.2, -0.15) is 0 Å². The Balaban J connectivity index is 1.36. The van der Waals surface area contributed by atoms with Crippen LogP contribution in [-0.2, 0) is 4.79 Å². The van der Waals surface area contributed by atoms with E-state index in [1.807, 2.05) is 37.6 Å². The largest absolute Gasteiger partial charge is 0.356 e. The maximum Gasteiger partial charge on any atom is 0.223 e. The van der Waals surface area contributed by atoms with E-state index in [0.717, 1.165) is 68.4 Å². The molecule has 0 aliphatic heterocycles. The van der Waals surface area contributed by atoms with Crippen LogP contribution >= 0.6 is 0 Å². The summed E-state index contributed by atoms with van der Waals surface area (Å²) < 4.78 is 0. The summed E-state index contributed by atoms with van der Waals surface area (Å²) in [5.74, 6) is 2.26. The molecule has 1 atom stereocenters. The monoisotopic (exact) mass is 390 g/mol. The topological polar surface area (TPSA) is 67.8 Å². The number of hydrogen-bond acceptors (Lipinski definition) is 4. The number of pyridine rings is 1. The Hall–Kier alpha value is -2.56. The fraction of sp³-hybridized carbons (Fsp3) is 0.500. The Labute approximate surface area is 173 Å². The van der Waals surface area contributed by atoms with E-state index in [9.17, 15) is 4.79 Å². The van der Waals surface area contributed by atoms with Crippen LogP contribution in [0.2, 0.25) is 0 Å². The molecule has 0 spiro atoms. The molecule has 4 rings (SSSR count). The summed E-state index contributed by atoms with van der Waals surface area (Å²) in [4.78, 5) is 25.8. The molecule has 5 heteroatoms. The lowest BCUT2D eigenvalue weighted by atomic mass is 9.79. The predicted molar refractivity (Wildman–Crippen MR) is 114 cm³/mol. The quantitative estimate of drug-likeness (QED) is 0.758. The summed E-state index contributed by atoms with van der Waals surface area (Å²) in [5, 5.41) is 3.22. The van der Waals surface area contributed by atoms with Gasteiger partial charge in [0.15, 0.2) is 0 Å². The zero-order valence-electron chi connectivity index (χ0n) is 17.2. The lowest BCUT2D eigenvalue weighted by Gasteiger charge is -2.30. The number of rotatable bonds is 5. The van der Waals surface area contributed by atoms with E-state index in [4.69, 9.17) is 4.98 Å². The zero-order chi connectivity index (χ0) is 20.1. The molecular weight excluding hydrogens is 360 g/mol. The first kappa shape index (κ1) is 19.7. The minimum atomic E-state index is 0.170. The third-order valence-corrected chi connectivity index (χ3v) is 6.37. The lowest BCUT2D eigenvalue weighted by Crippen LogP contribution is -2.35. The van der Waals surface area contributed by atoms with Crippen LogP contribution in [0.5, 0.6) is 0 Å². The number of carbonyl (C=O) groups excluding carboxylic acids is 1. The fourth-order valence-corrected chi connectivity index (χ4v) is 4.61. The summed E-state index contributed by atoms with van der Waals surface area (Å²) in [6, 6.07) is 4.05. The molecule has 2 aliphatic rings. The van der Waals surface area contributed by atoms with Crippen LogP contribution in [0.15, 0.2) is 42.9 Å². The Morgan fingerprint density at radius 2 is 1.90 bits per heavy atom. The van der Waals surface area contributed by atoms with Crippen molar-refractivity contribution in [2.24, 2.45) is 11.8 Å². The van der Waals surface area contributed by atoms with Gasteiger partial charge in [-0.25, -0.2) is 9.97 Å². The molecular formula is C24H30N4O. The first-order valence-corrected chi connectivity index (χ1v) is 10.9. The van der Waals surface area contributed by atoms with E-state index in [0.29, 0.717) is 11.8 Å². The van der Waals surface area contributed by atoms with Gasteiger partial charge in [-0.05, 0) is 75.5 Å². The summed E-state index contributed by atoms with van der Waals surface area (Å²) in [5.41, 5.74) is 3.42. The SMILES string of the molecule is Cc1ncc(-c2ccncc2)c(C2CCC(CNC(=O)[C@H]3CC=CCC3)CC2)n1. The summed E-state index contributed by atoms with van der Waals surface area (Å²) in [6.45, 7) is 2.77. The smallest absolute Gasteiger partial charge is 0.223 e. The highest BCUT2D eigenvalue weighted by molar-refractivity contribution is 5.79. The number of carbonyl (C=O) groups is 1. The van der Waals surface area contributed by atoms with Crippen molar-refractivity contribution >= 4 is 5.91 Å². The van der Waals surface area contributed by atoms with Crippen molar-refractivity contribution in [3.8, 4) is 11.1 Å². The van der Waals surface area contributed by atoms with Crippen LogP contribution in [-0.4, -0.2) is 27.4 Å². The predicted octanol–water partition coefficient (Wildman–Crippen LogP) is 4.59. The molecule has 1 saturated carbocycles. The van der Waals surface area contributed by atoms with Gasteiger partial charge in [-0.15, -0.1) is 0 Å². The molecule has 29 heavy (non-hydrogen) atoms. The number of aromatic nitrogens is 3. The van der Waals surface area contributed by atoms with Crippen molar-refractivity contribution in [2.75, 3.05) is 6.54 Å². The number of hydrogen-bond donors (Lipinski definition) is 1. The minimum Gasteiger partial charge on any atom is -0.356 e. The molecule has 0 unspecified atom stereocenters. The molecule has 2 heterocycles. The second kappa shape index (κ2) is 9.29. The second-order valence-corrected chi connectivity index (χ2v) is 8.40. The lowest BCUT2D eigenvalue weighted by molar-refractivity contribution is -0.125. The average molecular weight is 391 g/mol. The number of nitrogens with one attached hydrogen (secondary N) is 1. The van der Waals surface area contributed by atoms with Crippen LogP contribution in [0.4, 0.5) is 0 Å². The third kappa shape index (κ3) is 4.89. The highest BCUT2D eigenvalue weighted by Crippen LogP contribution is 2.38. The first-order valence-electron chi connectivity index (χ1n) is 10.9. The highest BCUT2D eigenvalue weighted by atomic mass is 16.1. The molecule has 5 nitrogen and oxygen atoms in total. The molecule has 1 N–H and O–H groups in total. The number of amides is 1. The molecule has 0 aromatic carbocycles. The van der Waals surface area contributed by atoms with Gasteiger partial charge in [0.05, 0.1) is 5.69 Å². The molecule has 2 aromatic rings. The number of allylic oxidation sites excluding steroid dienone is 2. The Kier molecular flexibility index (Phi) is 6.33. The van der Waals surface area contributed by atoms with Crippen molar-refractivity contribution in [3.05, 3.63) is 54.4 Å². The van der Waals surface area contributed by atoms with Crippen LogP contribution in [0.25, 0.3) is 11.1 Å². The van der Waals surface area contributed by atoms with Gasteiger partial charge in [0.1, 0.15) is 5.82 Å². The zero-order valence-corrected chi connectivity index (χ0v) is 17.2. The van der Waals surface area contributed by atoms with Gasteiger partial charge in [0.25, 0.3) is 0 Å². The van der Waals surface area contributed by atoms with Crippen molar-refractivity contribution in [1.29, 1.82) is 0 Å². The summed E-state index contributed by atoms with van der Waals surface area (Å²) >= 11 is 0. The van der Waals surface area contributed by atoms with Gasteiger partial charge >= 0.3 is 0 Å². The third-order valence-electron chi connectivity index (χ3n) is 6.37. The van der Waals surface area contributed by atoms with E-state index in [2.05, 4.69) is 27.4 Å². The molecule has 2 aromatic heterocycles. The Morgan fingerprint density at radius 1 is 1.10 bits per heavy atom. The van der Waals surface area contributed by atoms with Crippen LogP contribution in [0, 0.1) is 18.8 Å². The molecule has 0 bridgehead atoms. The minimum absolute atomic E-state index is 0.170. The van der Waals surface area contributed by atoms with Crippen LogP contribution in [0.1, 0.15) is 62.4 Å². The van der Waals surface area contributed by atoms with Gasteiger partial charge in [-0.1, -0.05) is 12.2 Å². The van der Waals surface area contributed by atoms with Crippen molar-refractivity contribution in [1.82, 2.24) is 20.3 Å². The Bertz CT molecular complexity index is 856. The van der Waals surface area contributed by atoms with Gasteiger partial charge in [0.2, 0.25) is 5.91 Å². The molecule has 2 aliphatic carbocycles. The number of aryl methyl sites for hydroxylation is 1. The van der Waals surface area contributed by atoms with Gasteiger partial charge < -0.3 is 5.32 Å². The van der Waals surface area contributed by atoms with Gasteiger partial charge in [0, 0.05) is 42.5 Å². The maximum absolute atomic E-state index is 12.4. The average Bonchev–Trinajstić information content (AvgIpc) is 2.79. The van der Waals surface area contributed by atoms with E-state index in [1.165, 1.54) is 5.69 Å². The Morgan fingerprint density at radius 3 is 2.62 bits per heavy atom. The van der Waals surface area contributed by atoms with Crippen molar-refractivity contribution < 1.29 is 4.79 Å². The number of nitrogens with zero attached hydrogens (tertiary/aromatic N) is 3. The molecule has 0 saturated heterocycles. The molecule has 152 valence electrons. The van der Waals surface area contributed by atoms with Crippen LogP contribution in [0.3, 0.4) is 0 Å². The molecule has 0 radical (unpaired) electrons. The van der Waals surface area contributed by atoms with Gasteiger partial charge in [-0.3, -0.25) is 9.78 Å². The maximum atomic E-state index is 12.4. The standard InChI is InChI=1S/C24H30N4O/c1-17-26-16-22(19-11-13-25-14-12-19)23(28-17)20-9-7-18(8-10-20)15-27-24(29)21-5-3-2-4-6-21/h2-3,11-14,16,18,20-21H,4-10,15H2,1H3,(H,27,29)/t18?,20?,21-/m0/s1. The highest BCUT2D eigenvalue weighted by Gasteiger charge is 2.27. The normalized spacial score (nSPS) is 24.2. The van der Waals surface area contributed by atoms with E-state index >= 15 is 0 Å². The first-order chi connectivity index (χ1) is 14.2. The van der Waals surface area contributed by atoms with Crippen LogP contribution < -0.4 is 5.32 Å². The van der Waals surface area contributed by atoms with Crippen molar-refractivity contribution in [3.63, 3.8) is 0 Å². The summed E-state index contributed by atoms with van der Waals surface area (Å²) in [7, 11) is 0. The molecule has 1 amide bonds. The second-order valence-electron chi connectivity index (χ2n) is 8.40. The van der Waals surface area contributed by atoms with Crippen molar-refractivity contribution in [2.45, 2.75) is 57.8 Å².